The molecule has 3 aromatic rings. The maximum absolute atomic E-state index is 13.5. The number of aromatic nitrogens is 1. The molecule has 0 saturated carbocycles. The summed E-state index contributed by atoms with van der Waals surface area (Å²) in [5, 5.41) is 0.741. The van der Waals surface area contributed by atoms with E-state index >= 15 is 0 Å². The van der Waals surface area contributed by atoms with Crippen molar-refractivity contribution < 1.29 is 19.0 Å². The van der Waals surface area contributed by atoms with E-state index in [4.69, 9.17) is 14.2 Å². The smallest absolute Gasteiger partial charge is 0.298 e. The zero-order chi connectivity index (χ0) is 26.3. The monoisotopic (exact) mass is 507 g/mol. The minimum atomic E-state index is -0.350. The Kier molecular flexibility index (Phi) is 12.0. The largest absolute Gasteiger partial charge is 0.489 e. The summed E-state index contributed by atoms with van der Waals surface area (Å²) >= 11 is 0. The molecular formula is C31H41NO5. The van der Waals surface area contributed by atoms with Crippen LogP contribution in [0.4, 0.5) is 0 Å². The summed E-state index contributed by atoms with van der Waals surface area (Å²) in [4.78, 5) is 24.9. The highest BCUT2D eigenvalue weighted by molar-refractivity contribution is 5.89. The summed E-state index contributed by atoms with van der Waals surface area (Å²) in [7, 11) is 0. The van der Waals surface area contributed by atoms with Crippen LogP contribution >= 0.6 is 0 Å². The van der Waals surface area contributed by atoms with Gasteiger partial charge in [0.25, 0.3) is 12.0 Å². The molecule has 0 N–H and O–H groups in total. The van der Waals surface area contributed by atoms with Crippen molar-refractivity contribution in [2.45, 2.75) is 91.2 Å². The number of aryl methyl sites for hydroxylation is 1. The predicted molar refractivity (Wildman–Crippen MR) is 149 cm³/mol. The fraction of sp³-hybridized carbons (Fsp3) is 0.484. The fourth-order valence-electron chi connectivity index (χ4n) is 4.48. The van der Waals surface area contributed by atoms with Crippen LogP contribution in [-0.4, -0.2) is 17.6 Å². The fourth-order valence-corrected chi connectivity index (χ4v) is 4.48. The first-order valence-electron chi connectivity index (χ1n) is 13.8. The van der Waals surface area contributed by atoms with Crippen LogP contribution in [0.15, 0.2) is 53.3 Å². The van der Waals surface area contributed by atoms with Crippen LogP contribution in [-0.2, 0) is 17.9 Å². The molecule has 2 aromatic carbocycles. The van der Waals surface area contributed by atoms with Gasteiger partial charge in [-0.1, -0.05) is 95.5 Å². The number of pyridine rings is 1. The van der Waals surface area contributed by atoms with Crippen LogP contribution in [0, 0.1) is 0 Å². The molecule has 1 aromatic heterocycles. The molecule has 200 valence electrons. The zero-order valence-corrected chi connectivity index (χ0v) is 22.4. The van der Waals surface area contributed by atoms with Crippen molar-refractivity contribution in [3.63, 3.8) is 0 Å². The van der Waals surface area contributed by atoms with Crippen LogP contribution in [0.5, 0.6) is 17.2 Å². The molecule has 6 heteroatoms. The van der Waals surface area contributed by atoms with E-state index in [2.05, 4.69) is 13.8 Å². The maximum atomic E-state index is 13.5. The molecule has 6 nitrogen and oxygen atoms in total. The molecule has 0 atom stereocenters. The number of rotatable bonds is 18. The molecule has 3 rings (SSSR count). The van der Waals surface area contributed by atoms with Gasteiger partial charge in [0.2, 0.25) is 5.75 Å². The van der Waals surface area contributed by atoms with Crippen molar-refractivity contribution in [3.8, 4) is 17.2 Å². The number of carbonyl (C=O) groups excluding carboxylic acids is 1. The van der Waals surface area contributed by atoms with E-state index in [0.717, 1.165) is 61.4 Å². The SMILES string of the molecule is CCCCCCCCn1c(=O)c(OC=O)c(OCCCCCC)c2ccc(OCc3ccccc3)cc21. The molecular weight excluding hydrogens is 466 g/mol. The second-order valence-electron chi connectivity index (χ2n) is 9.46. The highest BCUT2D eigenvalue weighted by Crippen LogP contribution is 2.35. The maximum Gasteiger partial charge on any atom is 0.298 e. The molecule has 0 spiro atoms. The van der Waals surface area contributed by atoms with E-state index in [1.54, 1.807) is 4.57 Å². The third-order valence-electron chi connectivity index (χ3n) is 6.54. The first-order chi connectivity index (χ1) is 18.2. The van der Waals surface area contributed by atoms with Crippen molar-refractivity contribution in [2.24, 2.45) is 0 Å². The number of unbranched alkanes of at least 4 members (excludes halogenated alkanes) is 8. The summed E-state index contributed by atoms with van der Waals surface area (Å²) in [5.74, 6) is 0.963. The molecule has 0 bridgehead atoms. The lowest BCUT2D eigenvalue weighted by molar-refractivity contribution is -0.120. The average molecular weight is 508 g/mol. The first kappa shape index (κ1) is 28.3. The van der Waals surface area contributed by atoms with Gasteiger partial charge in [-0.15, -0.1) is 0 Å². The Bertz CT molecular complexity index is 1160. The number of hydrogen-bond acceptors (Lipinski definition) is 5. The molecule has 37 heavy (non-hydrogen) atoms. The molecule has 0 aliphatic carbocycles. The van der Waals surface area contributed by atoms with Crippen molar-refractivity contribution in [1.82, 2.24) is 4.57 Å². The van der Waals surface area contributed by atoms with Crippen LogP contribution in [0.2, 0.25) is 0 Å². The second-order valence-corrected chi connectivity index (χ2v) is 9.46. The molecule has 0 radical (unpaired) electrons. The summed E-state index contributed by atoms with van der Waals surface area (Å²) in [6.07, 6.45) is 10.8. The highest BCUT2D eigenvalue weighted by atomic mass is 16.5. The van der Waals surface area contributed by atoms with Gasteiger partial charge in [0.1, 0.15) is 12.4 Å². The van der Waals surface area contributed by atoms with E-state index in [-0.39, 0.29) is 11.3 Å². The van der Waals surface area contributed by atoms with Gasteiger partial charge in [-0.25, -0.2) is 0 Å². The van der Waals surface area contributed by atoms with Crippen LogP contribution in [0.1, 0.15) is 83.6 Å². The molecule has 0 amide bonds. The Labute approximate surface area is 220 Å². The Morgan fingerprint density at radius 3 is 2.22 bits per heavy atom. The molecule has 0 unspecified atom stereocenters. The normalized spacial score (nSPS) is 11.0. The number of nitrogens with zero attached hydrogens (tertiary/aromatic N) is 1. The number of ether oxygens (including phenoxy) is 3. The van der Waals surface area contributed by atoms with Gasteiger partial charge >= 0.3 is 0 Å². The standard InChI is InChI=1S/C31H41NO5/c1-3-5-7-9-10-14-20-32-28-22-26(36-23-25-16-12-11-13-17-25)18-19-27(28)29(30(31(32)34)37-24-33)35-21-15-8-6-4-2/h11-13,16-19,22,24H,3-10,14-15,20-21,23H2,1-2H3. The van der Waals surface area contributed by atoms with Crippen molar-refractivity contribution in [2.75, 3.05) is 6.61 Å². The number of fused-ring (bicyclic) bond motifs is 1. The Morgan fingerprint density at radius 2 is 1.49 bits per heavy atom. The molecule has 1 heterocycles. The third kappa shape index (κ3) is 8.38. The third-order valence-corrected chi connectivity index (χ3v) is 6.54. The van der Waals surface area contributed by atoms with E-state index < -0.39 is 0 Å². The number of carbonyl (C=O) groups is 1. The topological polar surface area (TPSA) is 66.8 Å². The molecule has 0 aliphatic rings. The quantitative estimate of drug-likeness (QED) is 0.132. The summed E-state index contributed by atoms with van der Waals surface area (Å²) in [6, 6.07) is 15.6. The molecule has 0 aliphatic heterocycles. The number of hydrogen-bond donors (Lipinski definition) is 0. The number of benzene rings is 2. The van der Waals surface area contributed by atoms with E-state index in [0.29, 0.717) is 37.7 Å². The van der Waals surface area contributed by atoms with E-state index in [1.807, 2.05) is 48.5 Å². The lowest BCUT2D eigenvalue weighted by Crippen LogP contribution is -2.24. The van der Waals surface area contributed by atoms with Gasteiger partial charge in [-0.2, -0.15) is 0 Å². The van der Waals surface area contributed by atoms with Crippen LogP contribution < -0.4 is 19.8 Å². The van der Waals surface area contributed by atoms with Gasteiger partial charge < -0.3 is 18.8 Å². The summed E-state index contributed by atoms with van der Waals surface area (Å²) in [6.45, 7) is 6.09. The van der Waals surface area contributed by atoms with Gasteiger partial charge in [-0.3, -0.25) is 9.59 Å². The highest BCUT2D eigenvalue weighted by Gasteiger charge is 2.20. The minimum absolute atomic E-state index is 0.0399. The zero-order valence-electron chi connectivity index (χ0n) is 22.4. The Morgan fingerprint density at radius 1 is 0.784 bits per heavy atom. The lowest BCUT2D eigenvalue weighted by Gasteiger charge is -2.18. The van der Waals surface area contributed by atoms with Gasteiger partial charge in [0, 0.05) is 18.0 Å². The second kappa shape index (κ2) is 15.7. The van der Waals surface area contributed by atoms with Crippen LogP contribution in [0.25, 0.3) is 10.9 Å². The first-order valence-corrected chi connectivity index (χ1v) is 13.8. The van der Waals surface area contributed by atoms with Gasteiger partial charge in [0.05, 0.1) is 12.1 Å². The lowest BCUT2D eigenvalue weighted by atomic mass is 10.1. The van der Waals surface area contributed by atoms with E-state index in [1.165, 1.54) is 19.3 Å². The van der Waals surface area contributed by atoms with Gasteiger partial charge in [-0.05, 0) is 30.5 Å². The minimum Gasteiger partial charge on any atom is -0.489 e. The average Bonchev–Trinajstić information content (AvgIpc) is 2.92. The Hall–Kier alpha value is -3.28. The molecule has 0 fully saturated rings. The van der Waals surface area contributed by atoms with Crippen LogP contribution in [0.3, 0.4) is 0 Å². The van der Waals surface area contributed by atoms with Crippen molar-refractivity contribution >= 4 is 17.4 Å². The van der Waals surface area contributed by atoms with Crippen molar-refractivity contribution in [1.29, 1.82) is 0 Å². The predicted octanol–water partition coefficient (Wildman–Crippen LogP) is 7.44. The van der Waals surface area contributed by atoms with Gasteiger partial charge in [0.15, 0.2) is 5.75 Å². The van der Waals surface area contributed by atoms with Crippen molar-refractivity contribution in [3.05, 3.63) is 64.4 Å². The molecule has 0 saturated heterocycles. The summed E-state index contributed by atoms with van der Waals surface area (Å²) in [5.41, 5.74) is 1.45. The van der Waals surface area contributed by atoms with E-state index in [9.17, 15) is 9.59 Å². The summed E-state index contributed by atoms with van der Waals surface area (Å²) < 4.78 is 19.1. The Balaban J connectivity index is 1.93.